The van der Waals surface area contributed by atoms with Gasteiger partial charge in [-0.05, 0) is 55.3 Å². The van der Waals surface area contributed by atoms with Crippen LogP contribution >= 0.6 is 11.6 Å². The van der Waals surface area contributed by atoms with Crippen molar-refractivity contribution in [2.24, 2.45) is 0 Å². The first kappa shape index (κ1) is 20.2. The summed E-state index contributed by atoms with van der Waals surface area (Å²) >= 11 is 5.89. The lowest BCUT2D eigenvalue weighted by atomic mass is 10.1. The Morgan fingerprint density at radius 1 is 0.929 bits per heavy atom. The second-order valence-corrected chi connectivity index (χ2v) is 7.19. The number of nitrogens with zero attached hydrogens (tertiary/aromatic N) is 2. The van der Waals surface area contributed by atoms with Gasteiger partial charge in [0.2, 0.25) is 5.91 Å². The minimum absolute atomic E-state index is 0.00342. The van der Waals surface area contributed by atoms with Gasteiger partial charge < -0.3 is 14.5 Å². The normalized spacial score (nSPS) is 14.1. The Bertz CT molecular complexity index is 798. The van der Waals surface area contributed by atoms with Crippen molar-refractivity contribution < 1.29 is 14.3 Å². The molecule has 0 radical (unpaired) electrons. The van der Waals surface area contributed by atoms with Gasteiger partial charge >= 0.3 is 0 Å². The van der Waals surface area contributed by atoms with Crippen molar-refractivity contribution in [1.29, 1.82) is 0 Å². The quantitative estimate of drug-likeness (QED) is 0.743. The molecular weight excluding hydrogens is 376 g/mol. The number of ether oxygens (including phenoxy) is 1. The molecule has 28 heavy (non-hydrogen) atoms. The van der Waals surface area contributed by atoms with Crippen LogP contribution in [0.1, 0.15) is 29.3 Å². The Morgan fingerprint density at radius 3 is 2.14 bits per heavy atom. The van der Waals surface area contributed by atoms with Crippen LogP contribution in [0.15, 0.2) is 48.5 Å². The van der Waals surface area contributed by atoms with Gasteiger partial charge in [0, 0.05) is 43.2 Å². The van der Waals surface area contributed by atoms with Crippen molar-refractivity contribution in [3.63, 3.8) is 0 Å². The van der Waals surface area contributed by atoms with E-state index >= 15 is 0 Å². The van der Waals surface area contributed by atoms with Gasteiger partial charge in [-0.1, -0.05) is 23.7 Å². The zero-order chi connectivity index (χ0) is 19.9. The van der Waals surface area contributed by atoms with E-state index in [1.165, 1.54) is 0 Å². The first-order valence-corrected chi connectivity index (χ1v) is 9.99. The fourth-order valence-electron chi connectivity index (χ4n) is 3.26. The van der Waals surface area contributed by atoms with Crippen molar-refractivity contribution in [1.82, 2.24) is 9.80 Å². The van der Waals surface area contributed by atoms with E-state index in [2.05, 4.69) is 0 Å². The van der Waals surface area contributed by atoms with Gasteiger partial charge in [0.15, 0.2) is 0 Å². The van der Waals surface area contributed by atoms with E-state index in [1.807, 2.05) is 48.2 Å². The van der Waals surface area contributed by atoms with E-state index in [-0.39, 0.29) is 11.8 Å². The van der Waals surface area contributed by atoms with Crippen molar-refractivity contribution in [2.45, 2.75) is 19.8 Å². The Balaban J connectivity index is 1.47. The van der Waals surface area contributed by atoms with Crippen LogP contribution in [0.2, 0.25) is 5.02 Å². The second kappa shape index (κ2) is 9.60. The minimum Gasteiger partial charge on any atom is -0.494 e. The fraction of sp³-hybridized carbons (Fsp3) is 0.364. The molecule has 2 amide bonds. The first-order valence-electron chi connectivity index (χ1n) is 9.61. The van der Waals surface area contributed by atoms with Crippen LogP contribution in [0, 0.1) is 0 Å². The van der Waals surface area contributed by atoms with Crippen molar-refractivity contribution >= 4 is 23.4 Å². The van der Waals surface area contributed by atoms with Crippen LogP contribution in [-0.4, -0.2) is 54.4 Å². The minimum atomic E-state index is -0.00342. The lowest BCUT2D eigenvalue weighted by Gasteiger charge is -2.35. The second-order valence-electron chi connectivity index (χ2n) is 6.76. The number of hydrogen-bond acceptors (Lipinski definition) is 3. The molecule has 0 aliphatic carbocycles. The summed E-state index contributed by atoms with van der Waals surface area (Å²) in [6, 6.07) is 14.8. The van der Waals surface area contributed by atoms with Crippen molar-refractivity contribution in [2.75, 3.05) is 32.8 Å². The highest BCUT2D eigenvalue weighted by Crippen LogP contribution is 2.16. The highest BCUT2D eigenvalue weighted by molar-refractivity contribution is 6.30. The van der Waals surface area contributed by atoms with E-state index < -0.39 is 0 Å². The van der Waals surface area contributed by atoms with Crippen LogP contribution in [0.4, 0.5) is 0 Å². The van der Waals surface area contributed by atoms with Crippen LogP contribution < -0.4 is 4.74 Å². The molecule has 0 N–H and O–H groups in total. The maximum atomic E-state index is 12.7. The average molecular weight is 401 g/mol. The lowest BCUT2D eigenvalue weighted by Crippen LogP contribution is -2.50. The predicted molar refractivity (Wildman–Crippen MR) is 110 cm³/mol. The van der Waals surface area contributed by atoms with Gasteiger partial charge in [0.05, 0.1) is 6.61 Å². The maximum absolute atomic E-state index is 12.7. The molecule has 3 rings (SSSR count). The molecule has 5 nitrogen and oxygen atoms in total. The van der Waals surface area contributed by atoms with Crippen LogP contribution in [0.3, 0.4) is 0 Å². The number of carbonyl (C=O) groups is 2. The number of hydrogen-bond donors (Lipinski definition) is 0. The van der Waals surface area contributed by atoms with E-state index in [0.29, 0.717) is 56.2 Å². The summed E-state index contributed by atoms with van der Waals surface area (Å²) in [5.41, 5.74) is 1.74. The number of halogens is 1. The summed E-state index contributed by atoms with van der Waals surface area (Å²) in [6.45, 7) is 4.78. The third kappa shape index (κ3) is 5.26. The highest BCUT2D eigenvalue weighted by Gasteiger charge is 2.24. The zero-order valence-electron chi connectivity index (χ0n) is 16.1. The molecular formula is C22H25ClN2O3. The monoisotopic (exact) mass is 400 g/mol. The molecule has 0 spiro atoms. The Kier molecular flexibility index (Phi) is 6.93. The summed E-state index contributed by atoms with van der Waals surface area (Å²) in [5, 5.41) is 0.698. The first-order chi connectivity index (χ1) is 13.6. The topological polar surface area (TPSA) is 49.9 Å². The SMILES string of the molecule is CCOc1ccc(C(=O)N2CCN(C(=O)CCc3ccc(Cl)cc3)CC2)cc1. The molecule has 0 unspecified atom stereocenters. The molecule has 0 bridgehead atoms. The molecule has 0 atom stereocenters. The molecule has 1 saturated heterocycles. The average Bonchev–Trinajstić information content (AvgIpc) is 2.73. The summed E-state index contributed by atoms with van der Waals surface area (Å²) in [4.78, 5) is 28.8. The molecule has 1 aliphatic rings. The largest absolute Gasteiger partial charge is 0.494 e. The van der Waals surface area contributed by atoms with Crippen molar-refractivity contribution in [3.05, 3.63) is 64.7 Å². The Hall–Kier alpha value is -2.53. The van der Waals surface area contributed by atoms with Gasteiger partial charge in [-0.25, -0.2) is 0 Å². The molecule has 1 aliphatic heterocycles. The van der Waals surface area contributed by atoms with Crippen LogP contribution in [0.5, 0.6) is 5.75 Å². The van der Waals surface area contributed by atoms with E-state index in [9.17, 15) is 9.59 Å². The molecule has 148 valence electrons. The number of carbonyl (C=O) groups excluding carboxylic acids is 2. The molecule has 1 heterocycles. The molecule has 1 fully saturated rings. The van der Waals surface area contributed by atoms with Gasteiger partial charge in [-0.3, -0.25) is 9.59 Å². The number of rotatable bonds is 6. The smallest absolute Gasteiger partial charge is 0.253 e. The zero-order valence-corrected chi connectivity index (χ0v) is 16.8. The summed E-state index contributed by atoms with van der Waals surface area (Å²) in [5.74, 6) is 0.884. The number of piperazine rings is 1. The van der Waals surface area contributed by atoms with Gasteiger partial charge in [0.25, 0.3) is 5.91 Å². The molecule has 2 aromatic carbocycles. The van der Waals surface area contributed by atoms with E-state index in [0.717, 1.165) is 11.3 Å². The summed E-state index contributed by atoms with van der Waals surface area (Å²) in [6.07, 6.45) is 1.16. The third-order valence-electron chi connectivity index (χ3n) is 4.87. The number of benzene rings is 2. The Morgan fingerprint density at radius 2 is 1.54 bits per heavy atom. The number of amides is 2. The summed E-state index contributed by atoms with van der Waals surface area (Å²) in [7, 11) is 0. The molecule has 0 saturated carbocycles. The molecule has 0 aromatic heterocycles. The van der Waals surface area contributed by atoms with Gasteiger partial charge in [-0.2, -0.15) is 0 Å². The molecule has 2 aromatic rings. The predicted octanol–water partition coefficient (Wildman–Crippen LogP) is 3.66. The Labute approximate surface area is 170 Å². The molecule has 6 heteroatoms. The van der Waals surface area contributed by atoms with Crippen LogP contribution in [0.25, 0.3) is 0 Å². The van der Waals surface area contributed by atoms with Gasteiger partial charge in [-0.15, -0.1) is 0 Å². The van der Waals surface area contributed by atoms with E-state index in [1.54, 1.807) is 17.0 Å². The van der Waals surface area contributed by atoms with Gasteiger partial charge in [0.1, 0.15) is 5.75 Å². The summed E-state index contributed by atoms with van der Waals surface area (Å²) < 4.78 is 5.41. The fourth-order valence-corrected chi connectivity index (χ4v) is 3.39. The third-order valence-corrected chi connectivity index (χ3v) is 5.12. The van der Waals surface area contributed by atoms with Crippen LogP contribution in [-0.2, 0) is 11.2 Å². The lowest BCUT2D eigenvalue weighted by molar-refractivity contribution is -0.132. The maximum Gasteiger partial charge on any atom is 0.253 e. The van der Waals surface area contributed by atoms with Crippen molar-refractivity contribution in [3.8, 4) is 5.75 Å². The number of aryl methyl sites for hydroxylation is 1. The highest BCUT2D eigenvalue weighted by atomic mass is 35.5. The van der Waals surface area contributed by atoms with E-state index in [4.69, 9.17) is 16.3 Å². The standard InChI is InChI=1S/C22H25ClN2O3/c1-2-28-20-10-6-18(7-11-20)22(27)25-15-13-24(14-16-25)21(26)12-5-17-3-8-19(23)9-4-17/h3-4,6-11H,2,5,12-16H2,1H3.